The number of fused-ring (bicyclic) bond motifs is 1. The molecule has 1 heterocycles. The van der Waals surface area contributed by atoms with Crippen molar-refractivity contribution in [1.82, 2.24) is 4.57 Å². The van der Waals surface area contributed by atoms with Crippen LogP contribution < -0.4 is 5.73 Å². The van der Waals surface area contributed by atoms with Crippen LogP contribution in [0.4, 0.5) is 0 Å². The Morgan fingerprint density at radius 2 is 2.06 bits per heavy atom. The SMILES string of the molecule is C[C@H](N)CCc1c(Br)c2ccccc2n1C. The molecule has 1 aromatic heterocycles. The highest BCUT2D eigenvalue weighted by Gasteiger charge is 2.12. The zero-order valence-electron chi connectivity index (χ0n) is 9.70. The van der Waals surface area contributed by atoms with Crippen molar-refractivity contribution in [2.24, 2.45) is 12.8 Å². The first kappa shape index (κ1) is 11.7. The van der Waals surface area contributed by atoms with Crippen LogP contribution >= 0.6 is 15.9 Å². The maximum atomic E-state index is 5.81. The molecule has 2 aromatic rings. The highest BCUT2D eigenvalue weighted by molar-refractivity contribution is 9.10. The van der Waals surface area contributed by atoms with Crippen LogP contribution in [-0.2, 0) is 13.5 Å². The van der Waals surface area contributed by atoms with E-state index in [1.165, 1.54) is 21.1 Å². The molecule has 0 saturated heterocycles. The Morgan fingerprint density at radius 3 is 2.69 bits per heavy atom. The van der Waals surface area contributed by atoms with Gasteiger partial charge < -0.3 is 10.3 Å². The van der Waals surface area contributed by atoms with Crippen LogP contribution in [-0.4, -0.2) is 10.6 Å². The molecule has 0 spiro atoms. The predicted octanol–water partition coefficient (Wildman–Crippen LogP) is 3.22. The molecule has 0 amide bonds. The molecule has 1 atom stereocenters. The molecular formula is C13H17BrN2. The second kappa shape index (κ2) is 4.60. The van der Waals surface area contributed by atoms with Crippen molar-refractivity contribution in [3.05, 3.63) is 34.4 Å². The third-order valence-electron chi connectivity index (χ3n) is 3.00. The molecule has 2 rings (SSSR count). The number of nitrogens with zero attached hydrogens (tertiary/aromatic N) is 1. The lowest BCUT2D eigenvalue weighted by Gasteiger charge is -2.07. The van der Waals surface area contributed by atoms with E-state index in [0.717, 1.165) is 12.8 Å². The minimum atomic E-state index is 0.255. The summed E-state index contributed by atoms with van der Waals surface area (Å²) in [6, 6.07) is 8.70. The van der Waals surface area contributed by atoms with E-state index in [9.17, 15) is 0 Å². The normalized spacial score (nSPS) is 13.2. The van der Waals surface area contributed by atoms with Gasteiger partial charge in [0.25, 0.3) is 0 Å². The van der Waals surface area contributed by atoms with Crippen LogP contribution in [0.5, 0.6) is 0 Å². The summed E-state index contributed by atoms with van der Waals surface area (Å²) in [6.07, 6.45) is 2.03. The predicted molar refractivity (Wildman–Crippen MR) is 72.6 cm³/mol. The van der Waals surface area contributed by atoms with Crippen molar-refractivity contribution in [2.45, 2.75) is 25.8 Å². The molecule has 0 aliphatic heterocycles. The second-order valence-corrected chi connectivity index (χ2v) is 5.15. The van der Waals surface area contributed by atoms with Gasteiger partial charge in [0.05, 0.1) is 0 Å². The monoisotopic (exact) mass is 280 g/mol. The molecule has 86 valence electrons. The van der Waals surface area contributed by atoms with Gasteiger partial charge in [-0.3, -0.25) is 0 Å². The Labute approximate surface area is 105 Å². The van der Waals surface area contributed by atoms with E-state index in [4.69, 9.17) is 5.73 Å². The van der Waals surface area contributed by atoms with Crippen LogP contribution in [0.1, 0.15) is 19.0 Å². The number of nitrogens with two attached hydrogens (primary N) is 1. The smallest absolute Gasteiger partial charge is 0.0491 e. The van der Waals surface area contributed by atoms with Gasteiger partial charge in [0.2, 0.25) is 0 Å². The molecule has 0 unspecified atom stereocenters. The van der Waals surface area contributed by atoms with Gasteiger partial charge in [-0.05, 0) is 41.8 Å². The van der Waals surface area contributed by atoms with Crippen LogP contribution in [0.2, 0.25) is 0 Å². The first-order valence-electron chi connectivity index (χ1n) is 5.58. The molecule has 0 fully saturated rings. The van der Waals surface area contributed by atoms with E-state index < -0.39 is 0 Å². The minimum absolute atomic E-state index is 0.255. The van der Waals surface area contributed by atoms with Crippen molar-refractivity contribution in [2.75, 3.05) is 0 Å². The number of halogens is 1. The summed E-state index contributed by atoms with van der Waals surface area (Å²) in [6.45, 7) is 2.05. The Morgan fingerprint density at radius 1 is 1.38 bits per heavy atom. The first-order chi connectivity index (χ1) is 7.61. The summed E-state index contributed by atoms with van der Waals surface area (Å²) in [4.78, 5) is 0. The Balaban J connectivity index is 2.45. The number of hydrogen-bond donors (Lipinski definition) is 1. The van der Waals surface area contributed by atoms with Crippen molar-refractivity contribution < 1.29 is 0 Å². The highest BCUT2D eigenvalue weighted by atomic mass is 79.9. The van der Waals surface area contributed by atoms with Gasteiger partial charge in [-0.2, -0.15) is 0 Å². The Kier molecular flexibility index (Phi) is 3.36. The van der Waals surface area contributed by atoms with Crippen LogP contribution in [0.25, 0.3) is 10.9 Å². The van der Waals surface area contributed by atoms with Crippen molar-refractivity contribution in [3.8, 4) is 0 Å². The number of hydrogen-bond acceptors (Lipinski definition) is 1. The zero-order chi connectivity index (χ0) is 11.7. The van der Waals surface area contributed by atoms with E-state index in [1.54, 1.807) is 0 Å². The van der Waals surface area contributed by atoms with E-state index in [-0.39, 0.29) is 6.04 Å². The third kappa shape index (κ3) is 2.02. The van der Waals surface area contributed by atoms with E-state index in [0.29, 0.717) is 0 Å². The lowest BCUT2D eigenvalue weighted by molar-refractivity contribution is 0.645. The highest BCUT2D eigenvalue weighted by Crippen LogP contribution is 2.30. The summed E-state index contributed by atoms with van der Waals surface area (Å²) in [5.41, 5.74) is 8.41. The number of para-hydroxylation sites is 1. The maximum absolute atomic E-state index is 5.81. The summed E-state index contributed by atoms with van der Waals surface area (Å²) >= 11 is 3.69. The zero-order valence-corrected chi connectivity index (χ0v) is 11.3. The van der Waals surface area contributed by atoms with Gasteiger partial charge in [0.1, 0.15) is 0 Å². The molecule has 0 aliphatic carbocycles. The van der Waals surface area contributed by atoms with Gasteiger partial charge >= 0.3 is 0 Å². The molecule has 0 saturated carbocycles. The number of benzene rings is 1. The topological polar surface area (TPSA) is 30.9 Å². The summed E-state index contributed by atoms with van der Waals surface area (Å²) in [7, 11) is 2.11. The van der Waals surface area contributed by atoms with Gasteiger partial charge in [-0.1, -0.05) is 18.2 Å². The van der Waals surface area contributed by atoms with Crippen molar-refractivity contribution >= 4 is 26.8 Å². The van der Waals surface area contributed by atoms with Gasteiger partial charge in [-0.25, -0.2) is 0 Å². The fourth-order valence-electron chi connectivity index (χ4n) is 2.04. The first-order valence-corrected chi connectivity index (χ1v) is 6.38. The van der Waals surface area contributed by atoms with Crippen LogP contribution in [0.3, 0.4) is 0 Å². The molecule has 0 radical (unpaired) electrons. The standard InChI is InChI=1S/C13H17BrN2/c1-9(15)7-8-12-13(14)10-5-3-4-6-11(10)16(12)2/h3-6,9H,7-8,15H2,1-2H3/t9-/m0/s1. The van der Waals surface area contributed by atoms with Crippen molar-refractivity contribution in [3.63, 3.8) is 0 Å². The molecule has 3 heteroatoms. The van der Waals surface area contributed by atoms with E-state index in [2.05, 4.69) is 58.7 Å². The number of aryl methyl sites for hydroxylation is 1. The average Bonchev–Trinajstić information content (AvgIpc) is 2.50. The molecule has 1 aromatic carbocycles. The van der Waals surface area contributed by atoms with Gasteiger partial charge in [-0.15, -0.1) is 0 Å². The average molecular weight is 281 g/mol. The van der Waals surface area contributed by atoms with E-state index >= 15 is 0 Å². The van der Waals surface area contributed by atoms with Crippen LogP contribution in [0.15, 0.2) is 28.7 Å². The maximum Gasteiger partial charge on any atom is 0.0491 e. The summed E-state index contributed by atoms with van der Waals surface area (Å²) < 4.78 is 3.47. The lowest BCUT2D eigenvalue weighted by atomic mass is 10.1. The molecule has 2 N–H and O–H groups in total. The number of aromatic nitrogens is 1. The quantitative estimate of drug-likeness (QED) is 0.920. The van der Waals surface area contributed by atoms with Crippen LogP contribution in [0, 0.1) is 0 Å². The molecule has 16 heavy (non-hydrogen) atoms. The molecule has 2 nitrogen and oxygen atoms in total. The summed E-state index contributed by atoms with van der Waals surface area (Å²) in [5, 5.41) is 1.28. The molecule has 0 bridgehead atoms. The Bertz CT molecular complexity index is 461. The second-order valence-electron chi connectivity index (χ2n) is 4.35. The fraction of sp³-hybridized carbons (Fsp3) is 0.385. The third-order valence-corrected chi connectivity index (χ3v) is 3.88. The number of rotatable bonds is 3. The molecular weight excluding hydrogens is 264 g/mol. The lowest BCUT2D eigenvalue weighted by Crippen LogP contribution is -2.16. The largest absolute Gasteiger partial charge is 0.347 e. The Hall–Kier alpha value is -0.800. The van der Waals surface area contributed by atoms with Gasteiger partial charge in [0, 0.05) is 34.2 Å². The summed E-state index contributed by atoms with van der Waals surface area (Å²) in [5.74, 6) is 0. The van der Waals surface area contributed by atoms with Crippen molar-refractivity contribution in [1.29, 1.82) is 0 Å². The minimum Gasteiger partial charge on any atom is -0.347 e. The molecule has 0 aliphatic rings. The fourth-order valence-corrected chi connectivity index (χ4v) is 2.84. The van der Waals surface area contributed by atoms with E-state index in [1.807, 2.05) is 0 Å². The van der Waals surface area contributed by atoms with Gasteiger partial charge in [0.15, 0.2) is 0 Å².